The molecule has 0 fully saturated rings. The van der Waals surface area contributed by atoms with Crippen LogP contribution in [0.25, 0.3) is 11.3 Å². The molecule has 2 aromatic carbocycles. The highest BCUT2D eigenvalue weighted by atomic mass is 35.5. The van der Waals surface area contributed by atoms with Crippen LogP contribution >= 0.6 is 11.6 Å². The molecule has 1 aromatic heterocycles. The molecule has 126 valence electrons. The SMILES string of the molecule is N#Cc1ccc(NS(=O)(=O)c2c[nH]c(-c3ccccc3Cl)c2)c(F)c1. The number of benzene rings is 2. The van der Waals surface area contributed by atoms with E-state index in [4.69, 9.17) is 16.9 Å². The minimum atomic E-state index is -4.00. The van der Waals surface area contributed by atoms with Crippen LogP contribution in [0.5, 0.6) is 0 Å². The van der Waals surface area contributed by atoms with Crippen LogP contribution in [0.2, 0.25) is 5.02 Å². The molecule has 0 radical (unpaired) electrons. The fourth-order valence-electron chi connectivity index (χ4n) is 2.24. The summed E-state index contributed by atoms with van der Waals surface area (Å²) in [4.78, 5) is 2.78. The Morgan fingerprint density at radius 1 is 1.16 bits per heavy atom. The predicted octanol–water partition coefficient (Wildman–Crippen LogP) is 4.15. The van der Waals surface area contributed by atoms with Crippen LogP contribution in [0.15, 0.2) is 59.6 Å². The maximum absolute atomic E-state index is 13.9. The number of H-pyrrole nitrogens is 1. The third kappa shape index (κ3) is 3.50. The first-order valence-electron chi connectivity index (χ1n) is 7.06. The normalized spacial score (nSPS) is 11.1. The van der Waals surface area contributed by atoms with Crippen molar-refractivity contribution >= 4 is 27.3 Å². The molecular weight excluding hydrogens is 365 g/mol. The molecule has 0 spiro atoms. The van der Waals surface area contributed by atoms with Crippen LogP contribution in [-0.2, 0) is 10.0 Å². The van der Waals surface area contributed by atoms with Crippen LogP contribution in [0, 0.1) is 17.1 Å². The molecule has 2 N–H and O–H groups in total. The first-order valence-corrected chi connectivity index (χ1v) is 8.92. The molecule has 3 rings (SSSR count). The molecule has 0 saturated carbocycles. The summed E-state index contributed by atoms with van der Waals surface area (Å²) < 4.78 is 41.0. The van der Waals surface area contributed by atoms with Gasteiger partial charge in [0.05, 0.1) is 17.3 Å². The standard InChI is InChI=1S/C17H11ClFN3O2S/c18-14-4-2-1-3-13(14)17-8-12(10-21-17)25(23,24)22-16-6-5-11(9-20)7-15(16)19/h1-8,10,21-22H. The van der Waals surface area contributed by atoms with E-state index in [1.165, 1.54) is 24.4 Å². The zero-order valence-electron chi connectivity index (χ0n) is 12.6. The number of rotatable bonds is 4. The zero-order chi connectivity index (χ0) is 18.0. The lowest BCUT2D eigenvalue weighted by molar-refractivity contribution is 0.598. The second-order valence-electron chi connectivity index (χ2n) is 5.14. The van der Waals surface area contributed by atoms with E-state index in [0.29, 0.717) is 16.3 Å². The molecule has 0 saturated heterocycles. The summed E-state index contributed by atoms with van der Waals surface area (Å²) in [6.07, 6.45) is 1.29. The topological polar surface area (TPSA) is 85.8 Å². The number of aromatic nitrogens is 1. The van der Waals surface area contributed by atoms with Crippen molar-refractivity contribution in [1.29, 1.82) is 5.26 Å². The second-order valence-corrected chi connectivity index (χ2v) is 7.23. The highest BCUT2D eigenvalue weighted by molar-refractivity contribution is 7.92. The van der Waals surface area contributed by atoms with Crippen molar-refractivity contribution in [3.8, 4) is 17.3 Å². The lowest BCUT2D eigenvalue weighted by Crippen LogP contribution is -2.13. The van der Waals surface area contributed by atoms with Crippen molar-refractivity contribution in [1.82, 2.24) is 4.98 Å². The minimum absolute atomic E-state index is 0.0637. The molecule has 0 aliphatic rings. The number of anilines is 1. The van der Waals surface area contributed by atoms with Crippen molar-refractivity contribution in [3.63, 3.8) is 0 Å². The maximum atomic E-state index is 13.9. The molecule has 1 heterocycles. The number of halogens is 2. The number of nitrogens with zero attached hydrogens (tertiary/aromatic N) is 1. The Morgan fingerprint density at radius 3 is 2.60 bits per heavy atom. The van der Waals surface area contributed by atoms with Gasteiger partial charge < -0.3 is 4.98 Å². The summed E-state index contributed by atoms with van der Waals surface area (Å²) in [5.74, 6) is -0.829. The van der Waals surface area contributed by atoms with E-state index in [2.05, 4.69) is 9.71 Å². The maximum Gasteiger partial charge on any atom is 0.263 e. The number of nitriles is 1. The Morgan fingerprint density at radius 2 is 1.92 bits per heavy atom. The first kappa shape index (κ1) is 17.0. The van der Waals surface area contributed by atoms with E-state index in [0.717, 1.165) is 6.07 Å². The van der Waals surface area contributed by atoms with E-state index in [9.17, 15) is 12.8 Å². The Balaban J connectivity index is 1.92. The van der Waals surface area contributed by atoms with Gasteiger partial charge in [-0.2, -0.15) is 5.26 Å². The average Bonchev–Trinajstić information content (AvgIpc) is 3.08. The lowest BCUT2D eigenvalue weighted by Gasteiger charge is -2.07. The number of aromatic amines is 1. The third-order valence-corrected chi connectivity index (χ3v) is 5.15. The van der Waals surface area contributed by atoms with Crippen molar-refractivity contribution in [2.75, 3.05) is 4.72 Å². The molecule has 3 aromatic rings. The lowest BCUT2D eigenvalue weighted by atomic mass is 10.1. The molecule has 0 amide bonds. The van der Waals surface area contributed by atoms with Gasteiger partial charge in [0.15, 0.2) is 0 Å². The molecule has 0 aliphatic carbocycles. The van der Waals surface area contributed by atoms with Crippen LogP contribution in [0.1, 0.15) is 5.56 Å². The summed E-state index contributed by atoms with van der Waals surface area (Å²) in [6, 6.07) is 13.7. The Labute approximate surface area is 148 Å². The van der Waals surface area contributed by atoms with Crippen LogP contribution in [0.3, 0.4) is 0 Å². The Hall–Kier alpha value is -2.82. The summed E-state index contributed by atoms with van der Waals surface area (Å²) >= 11 is 6.10. The number of hydrogen-bond acceptors (Lipinski definition) is 3. The third-order valence-electron chi connectivity index (χ3n) is 3.47. The van der Waals surface area contributed by atoms with Gasteiger partial charge in [-0.25, -0.2) is 12.8 Å². The summed E-state index contributed by atoms with van der Waals surface area (Å²) in [6.45, 7) is 0. The zero-order valence-corrected chi connectivity index (χ0v) is 14.2. The monoisotopic (exact) mass is 375 g/mol. The van der Waals surface area contributed by atoms with Gasteiger partial charge in [0.1, 0.15) is 10.7 Å². The van der Waals surface area contributed by atoms with Crippen LogP contribution in [-0.4, -0.2) is 13.4 Å². The number of nitrogens with one attached hydrogen (secondary N) is 2. The highest BCUT2D eigenvalue weighted by Gasteiger charge is 2.19. The highest BCUT2D eigenvalue weighted by Crippen LogP contribution is 2.29. The summed E-state index contributed by atoms with van der Waals surface area (Å²) in [5.41, 5.74) is 1.03. The molecule has 25 heavy (non-hydrogen) atoms. The van der Waals surface area contributed by atoms with Gasteiger partial charge in [-0.3, -0.25) is 4.72 Å². The molecule has 0 atom stereocenters. The largest absolute Gasteiger partial charge is 0.360 e. The molecule has 8 heteroatoms. The Kier molecular flexibility index (Phi) is 4.49. The molecule has 0 bridgehead atoms. The second kappa shape index (κ2) is 6.59. The van der Waals surface area contributed by atoms with E-state index in [-0.39, 0.29) is 16.1 Å². The van der Waals surface area contributed by atoms with Crippen molar-refractivity contribution in [2.45, 2.75) is 4.90 Å². The van der Waals surface area contributed by atoms with E-state index < -0.39 is 15.8 Å². The number of sulfonamides is 1. The van der Waals surface area contributed by atoms with Crippen molar-refractivity contribution in [2.24, 2.45) is 0 Å². The van der Waals surface area contributed by atoms with Gasteiger partial charge >= 0.3 is 0 Å². The van der Waals surface area contributed by atoms with Crippen molar-refractivity contribution < 1.29 is 12.8 Å². The van der Waals surface area contributed by atoms with E-state index >= 15 is 0 Å². The van der Waals surface area contributed by atoms with Crippen LogP contribution < -0.4 is 4.72 Å². The molecule has 0 unspecified atom stereocenters. The van der Waals surface area contributed by atoms with Gasteiger partial charge in [0.2, 0.25) is 0 Å². The molecule has 0 aliphatic heterocycles. The summed E-state index contributed by atoms with van der Waals surface area (Å²) in [5, 5.41) is 9.20. The van der Waals surface area contributed by atoms with Gasteiger partial charge in [0.25, 0.3) is 10.0 Å². The van der Waals surface area contributed by atoms with Gasteiger partial charge in [0, 0.05) is 22.5 Å². The summed E-state index contributed by atoms with van der Waals surface area (Å²) in [7, 11) is -4.00. The average molecular weight is 376 g/mol. The Bertz CT molecular complexity index is 1090. The van der Waals surface area contributed by atoms with Gasteiger partial charge in [-0.15, -0.1) is 0 Å². The van der Waals surface area contributed by atoms with Crippen molar-refractivity contribution in [3.05, 3.63) is 71.1 Å². The quantitative estimate of drug-likeness (QED) is 0.718. The predicted molar refractivity (Wildman–Crippen MR) is 93.2 cm³/mol. The van der Waals surface area contributed by atoms with E-state index in [1.54, 1.807) is 30.3 Å². The molecule has 5 nitrogen and oxygen atoms in total. The smallest absolute Gasteiger partial charge is 0.263 e. The minimum Gasteiger partial charge on any atom is -0.360 e. The number of hydrogen-bond donors (Lipinski definition) is 2. The fourth-order valence-corrected chi connectivity index (χ4v) is 3.53. The van der Waals surface area contributed by atoms with Gasteiger partial charge in [-0.1, -0.05) is 29.8 Å². The van der Waals surface area contributed by atoms with Gasteiger partial charge in [-0.05, 0) is 30.3 Å². The fraction of sp³-hybridized carbons (Fsp3) is 0. The van der Waals surface area contributed by atoms with E-state index in [1.807, 2.05) is 0 Å². The van der Waals surface area contributed by atoms with Crippen LogP contribution in [0.4, 0.5) is 10.1 Å². The first-order chi connectivity index (χ1) is 11.9. The molecular formula is C17H11ClFN3O2S.